The lowest BCUT2D eigenvalue weighted by molar-refractivity contribution is -0.137. The van der Waals surface area contributed by atoms with Gasteiger partial charge in [-0.25, -0.2) is 0 Å². The van der Waals surface area contributed by atoms with Crippen LogP contribution in [0.3, 0.4) is 0 Å². The molecule has 148 valence electrons. The number of benzene rings is 2. The average Bonchev–Trinajstić information content (AvgIpc) is 2.67. The summed E-state index contributed by atoms with van der Waals surface area (Å²) >= 11 is 6.03. The molecule has 0 aliphatic rings. The van der Waals surface area contributed by atoms with Gasteiger partial charge in [0.1, 0.15) is 24.1 Å². The van der Waals surface area contributed by atoms with Gasteiger partial charge in [-0.2, -0.15) is 0 Å². The molecule has 1 atom stereocenters. The van der Waals surface area contributed by atoms with Gasteiger partial charge in [0.25, 0.3) is 0 Å². The minimum absolute atomic E-state index is 0.118. The number of nitrogens with zero attached hydrogens (tertiary/aromatic N) is 1. The first-order valence-corrected chi connectivity index (χ1v) is 9.14. The Bertz CT molecular complexity index is 862. The van der Waals surface area contributed by atoms with E-state index in [0.717, 1.165) is 5.56 Å². The minimum Gasteiger partial charge on any atom is -0.508 e. The van der Waals surface area contributed by atoms with Crippen molar-refractivity contribution >= 4 is 29.6 Å². The fraction of sp³-hybridized carbons (Fsp3) is 0.286. The van der Waals surface area contributed by atoms with Crippen LogP contribution in [0.15, 0.2) is 47.5 Å². The van der Waals surface area contributed by atoms with Crippen molar-refractivity contribution < 1.29 is 24.5 Å². The number of carbonyl (C=O) groups is 2. The average molecular weight is 404 g/mol. The molecule has 2 N–H and O–H groups in total. The number of aromatic hydroxyl groups is 1. The highest BCUT2D eigenvalue weighted by Gasteiger charge is 2.18. The van der Waals surface area contributed by atoms with Gasteiger partial charge < -0.3 is 14.9 Å². The Morgan fingerprint density at radius 3 is 2.46 bits per heavy atom. The molecule has 0 radical (unpaired) electrons. The predicted octanol–water partition coefficient (Wildman–Crippen LogP) is 3.20. The van der Waals surface area contributed by atoms with Crippen LogP contribution in [0.25, 0.3) is 0 Å². The molecule has 0 saturated carbocycles. The first-order chi connectivity index (χ1) is 13.3. The van der Waals surface area contributed by atoms with E-state index in [-0.39, 0.29) is 23.8 Å². The van der Waals surface area contributed by atoms with Crippen LogP contribution in [0.5, 0.6) is 11.5 Å². The van der Waals surface area contributed by atoms with Gasteiger partial charge in [0.15, 0.2) is 5.78 Å². The van der Waals surface area contributed by atoms with Crippen molar-refractivity contribution in [1.29, 1.82) is 0 Å². The highest BCUT2D eigenvalue weighted by atomic mass is 35.5. The molecule has 0 amide bonds. The maximum Gasteiger partial charge on any atom is 0.313 e. The van der Waals surface area contributed by atoms with E-state index in [1.54, 1.807) is 44.2 Å². The third-order valence-electron chi connectivity index (χ3n) is 3.94. The number of carbonyl (C=O) groups excluding carboxylic acids is 2. The number of ether oxygens (including phenoxy) is 1. The van der Waals surface area contributed by atoms with Crippen molar-refractivity contribution in [2.24, 2.45) is 10.9 Å². The second-order valence-corrected chi connectivity index (χ2v) is 6.98. The van der Waals surface area contributed by atoms with Crippen molar-refractivity contribution in [3.05, 3.63) is 58.6 Å². The summed E-state index contributed by atoms with van der Waals surface area (Å²) < 4.78 is 5.36. The van der Waals surface area contributed by atoms with E-state index in [1.807, 2.05) is 0 Å². The monoisotopic (exact) mass is 403 g/mol. The van der Waals surface area contributed by atoms with Gasteiger partial charge in [-0.3, -0.25) is 14.6 Å². The summed E-state index contributed by atoms with van der Waals surface area (Å²) in [5, 5.41) is 19.0. The number of hydrogen-bond acceptors (Lipinski definition) is 6. The number of phenolic OH excluding ortho intramolecular Hbond substituents is 1. The van der Waals surface area contributed by atoms with Gasteiger partial charge in [-0.05, 0) is 35.9 Å². The zero-order valence-corrected chi connectivity index (χ0v) is 16.4. The Hall–Kier alpha value is -2.70. The van der Waals surface area contributed by atoms with E-state index >= 15 is 0 Å². The molecule has 28 heavy (non-hydrogen) atoms. The maximum absolute atomic E-state index is 12.1. The molecule has 1 unspecified atom stereocenters. The standard InChI is InChI=1S/C21H22ClNO5/c1-13(2)21(27)28-20-8-5-16(22)10-15(20)11-23-18(19(26)12-24)9-14-3-6-17(25)7-4-14/h3-8,10-11,13,18,24-25H,9,12H2,1-2H3. The number of ketones is 1. The predicted molar refractivity (Wildman–Crippen MR) is 107 cm³/mol. The largest absolute Gasteiger partial charge is 0.508 e. The lowest BCUT2D eigenvalue weighted by Gasteiger charge is -2.12. The van der Waals surface area contributed by atoms with Gasteiger partial charge in [-0.1, -0.05) is 37.6 Å². The Kier molecular flexibility index (Phi) is 7.72. The summed E-state index contributed by atoms with van der Waals surface area (Å²) in [5.41, 5.74) is 1.22. The van der Waals surface area contributed by atoms with Crippen molar-refractivity contribution in [2.75, 3.05) is 6.61 Å². The highest BCUT2D eigenvalue weighted by molar-refractivity contribution is 6.31. The van der Waals surface area contributed by atoms with Crippen molar-refractivity contribution in [2.45, 2.75) is 26.3 Å². The van der Waals surface area contributed by atoms with Crippen molar-refractivity contribution in [1.82, 2.24) is 0 Å². The molecule has 6 nitrogen and oxygen atoms in total. The molecule has 0 saturated heterocycles. The van der Waals surface area contributed by atoms with Gasteiger partial charge >= 0.3 is 5.97 Å². The summed E-state index contributed by atoms with van der Waals surface area (Å²) in [6, 6.07) is 10.3. The van der Waals surface area contributed by atoms with Crippen molar-refractivity contribution in [3.8, 4) is 11.5 Å². The van der Waals surface area contributed by atoms with Crippen LogP contribution in [-0.2, 0) is 16.0 Å². The molecular formula is C21H22ClNO5. The quantitative estimate of drug-likeness (QED) is 0.401. The van der Waals surface area contributed by atoms with Gasteiger partial charge in [0.05, 0.1) is 5.92 Å². The molecule has 0 heterocycles. The molecule has 7 heteroatoms. The minimum atomic E-state index is -0.831. The van der Waals surface area contributed by atoms with Crippen LogP contribution in [0, 0.1) is 5.92 Å². The molecule has 2 aromatic carbocycles. The molecule has 0 fully saturated rings. The number of phenols is 1. The summed E-state index contributed by atoms with van der Waals surface area (Å²) in [7, 11) is 0. The molecule has 0 bridgehead atoms. The van der Waals surface area contributed by atoms with Gasteiger partial charge in [0.2, 0.25) is 0 Å². The van der Waals surface area contributed by atoms with E-state index in [9.17, 15) is 19.8 Å². The molecular weight excluding hydrogens is 382 g/mol. The Morgan fingerprint density at radius 1 is 1.18 bits per heavy atom. The molecule has 2 rings (SSSR count). The Labute approximate surface area is 168 Å². The number of rotatable bonds is 8. The number of aliphatic imine (C=N–C) groups is 1. The normalized spacial score (nSPS) is 12.3. The van der Waals surface area contributed by atoms with Crippen LogP contribution in [0.4, 0.5) is 0 Å². The van der Waals surface area contributed by atoms with E-state index < -0.39 is 24.4 Å². The Morgan fingerprint density at radius 2 is 1.86 bits per heavy atom. The van der Waals surface area contributed by atoms with Crippen LogP contribution < -0.4 is 4.74 Å². The fourth-order valence-electron chi connectivity index (χ4n) is 2.32. The zero-order chi connectivity index (χ0) is 20.7. The number of aliphatic hydroxyl groups excluding tert-OH is 1. The first-order valence-electron chi connectivity index (χ1n) is 8.76. The molecule has 2 aromatic rings. The summed E-state index contributed by atoms with van der Waals surface area (Å²) in [5.74, 6) is -0.755. The maximum atomic E-state index is 12.1. The van der Waals surface area contributed by atoms with Gasteiger partial charge in [0, 0.05) is 23.2 Å². The van der Waals surface area contributed by atoms with E-state index in [4.69, 9.17) is 16.3 Å². The highest BCUT2D eigenvalue weighted by Crippen LogP contribution is 2.23. The van der Waals surface area contributed by atoms with Crippen LogP contribution in [0.2, 0.25) is 5.02 Å². The second kappa shape index (κ2) is 10.0. The van der Waals surface area contributed by atoms with Crippen LogP contribution in [-0.4, -0.2) is 40.8 Å². The number of esters is 1. The number of Topliss-reactive ketones (excluding diaryl/α,β-unsaturated/α-hetero) is 1. The molecule has 0 aliphatic heterocycles. The zero-order valence-electron chi connectivity index (χ0n) is 15.6. The fourth-order valence-corrected chi connectivity index (χ4v) is 2.50. The SMILES string of the molecule is CC(C)C(=O)Oc1ccc(Cl)cc1C=NC(Cc1ccc(O)cc1)C(=O)CO. The number of hydrogen-bond donors (Lipinski definition) is 2. The summed E-state index contributed by atoms with van der Waals surface area (Å²) in [4.78, 5) is 28.3. The number of halogens is 1. The number of aliphatic hydroxyl groups is 1. The second-order valence-electron chi connectivity index (χ2n) is 6.55. The molecule has 0 aliphatic carbocycles. The van der Waals surface area contributed by atoms with Crippen LogP contribution >= 0.6 is 11.6 Å². The topological polar surface area (TPSA) is 96.2 Å². The summed E-state index contributed by atoms with van der Waals surface area (Å²) in [6.45, 7) is 2.80. The lowest BCUT2D eigenvalue weighted by Crippen LogP contribution is -2.24. The van der Waals surface area contributed by atoms with E-state index in [1.165, 1.54) is 18.3 Å². The van der Waals surface area contributed by atoms with E-state index in [0.29, 0.717) is 10.6 Å². The van der Waals surface area contributed by atoms with Crippen molar-refractivity contribution in [3.63, 3.8) is 0 Å². The van der Waals surface area contributed by atoms with Crippen LogP contribution in [0.1, 0.15) is 25.0 Å². The smallest absolute Gasteiger partial charge is 0.313 e. The van der Waals surface area contributed by atoms with Gasteiger partial charge in [-0.15, -0.1) is 0 Å². The lowest BCUT2D eigenvalue weighted by atomic mass is 10.0. The first kappa shape index (κ1) is 21.6. The third-order valence-corrected chi connectivity index (χ3v) is 4.18. The molecule has 0 aromatic heterocycles. The third kappa shape index (κ3) is 6.18. The Balaban J connectivity index is 2.28. The molecule has 0 spiro atoms. The summed E-state index contributed by atoms with van der Waals surface area (Å²) in [6.07, 6.45) is 1.66. The van der Waals surface area contributed by atoms with E-state index in [2.05, 4.69) is 4.99 Å².